The smallest absolute Gasteiger partial charge is 0.224 e. The third-order valence-electron chi connectivity index (χ3n) is 4.75. The lowest BCUT2D eigenvalue weighted by Crippen LogP contribution is -2.27. The van der Waals surface area contributed by atoms with Crippen molar-refractivity contribution in [3.63, 3.8) is 0 Å². The van der Waals surface area contributed by atoms with E-state index in [0.717, 1.165) is 35.4 Å². The summed E-state index contributed by atoms with van der Waals surface area (Å²) in [5.41, 5.74) is 2.93. The molecule has 2 heterocycles. The van der Waals surface area contributed by atoms with Crippen molar-refractivity contribution in [2.45, 2.75) is 26.3 Å². The van der Waals surface area contributed by atoms with Crippen LogP contribution in [0.25, 0.3) is 11.0 Å². The second-order valence-corrected chi connectivity index (χ2v) is 7.19. The molecule has 0 spiro atoms. The van der Waals surface area contributed by atoms with E-state index in [1.165, 1.54) is 0 Å². The van der Waals surface area contributed by atoms with Crippen molar-refractivity contribution in [1.29, 1.82) is 0 Å². The summed E-state index contributed by atoms with van der Waals surface area (Å²) in [6.45, 7) is 4.38. The van der Waals surface area contributed by atoms with E-state index in [0.29, 0.717) is 36.3 Å². The normalized spacial score (nSPS) is 12.9. The first-order chi connectivity index (χ1) is 13.6. The Hall–Kier alpha value is -2.73. The second kappa shape index (κ2) is 8.10. The first kappa shape index (κ1) is 18.6. The number of hydrogen-bond donors (Lipinski definition) is 1. The van der Waals surface area contributed by atoms with Crippen LogP contribution in [-0.4, -0.2) is 35.2 Å². The summed E-state index contributed by atoms with van der Waals surface area (Å²) < 4.78 is 13.2. The number of nitrogens with one attached hydrogen (secondary N) is 1. The second-order valence-electron chi connectivity index (χ2n) is 6.78. The van der Waals surface area contributed by atoms with Crippen molar-refractivity contribution in [1.82, 2.24) is 14.9 Å². The van der Waals surface area contributed by atoms with E-state index < -0.39 is 0 Å². The highest BCUT2D eigenvalue weighted by Gasteiger charge is 2.17. The molecular formula is C21H22ClN3O3. The highest BCUT2D eigenvalue weighted by atomic mass is 35.5. The number of hydrogen-bond acceptors (Lipinski definition) is 4. The van der Waals surface area contributed by atoms with E-state index in [2.05, 4.69) is 20.9 Å². The quantitative estimate of drug-likeness (QED) is 0.644. The maximum atomic E-state index is 12.3. The van der Waals surface area contributed by atoms with Gasteiger partial charge in [0, 0.05) is 13.1 Å². The molecule has 0 fully saturated rings. The lowest BCUT2D eigenvalue weighted by atomic mass is 10.1. The molecule has 146 valence electrons. The number of imidazole rings is 1. The van der Waals surface area contributed by atoms with Crippen molar-refractivity contribution in [2.75, 3.05) is 19.8 Å². The van der Waals surface area contributed by atoms with Gasteiger partial charge < -0.3 is 19.4 Å². The number of aryl methyl sites for hydroxylation is 2. The molecule has 3 aromatic rings. The van der Waals surface area contributed by atoms with Gasteiger partial charge in [-0.1, -0.05) is 23.7 Å². The lowest BCUT2D eigenvalue weighted by Gasteiger charge is -2.20. The summed E-state index contributed by atoms with van der Waals surface area (Å²) in [5, 5.41) is 3.45. The molecule has 7 heteroatoms. The fourth-order valence-electron chi connectivity index (χ4n) is 3.46. The van der Waals surface area contributed by atoms with Crippen LogP contribution in [0.1, 0.15) is 17.8 Å². The van der Waals surface area contributed by atoms with Gasteiger partial charge in [0.15, 0.2) is 11.5 Å². The summed E-state index contributed by atoms with van der Waals surface area (Å²) in [7, 11) is 0. The van der Waals surface area contributed by atoms with Gasteiger partial charge in [0.1, 0.15) is 19.0 Å². The number of carbonyl (C=O) groups is 1. The third-order valence-corrected chi connectivity index (χ3v) is 5.03. The van der Waals surface area contributed by atoms with Gasteiger partial charge in [-0.05, 0) is 43.2 Å². The van der Waals surface area contributed by atoms with E-state index in [1.54, 1.807) is 6.07 Å². The zero-order chi connectivity index (χ0) is 19.5. The molecule has 0 saturated carbocycles. The van der Waals surface area contributed by atoms with Crippen LogP contribution in [0.3, 0.4) is 0 Å². The van der Waals surface area contributed by atoms with Gasteiger partial charge in [0.25, 0.3) is 0 Å². The number of rotatable bonds is 6. The number of fused-ring (bicyclic) bond motifs is 2. The molecule has 0 atom stereocenters. The van der Waals surface area contributed by atoms with E-state index >= 15 is 0 Å². The van der Waals surface area contributed by atoms with Gasteiger partial charge in [0.05, 0.1) is 22.5 Å². The Labute approximate surface area is 168 Å². The van der Waals surface area contributed by atoms with Crippen molar-refractivity contribution in [2.24, 2.45) is 0 Å². The van der Waals surface area contributed by atoms with Gasteiger partial charge in [-0.2, -0.15) is 0 Å². The number of carbonyl (C=O) groups excluding carboxylic acids is 1. The maximum absolute atomic E-state index is 12.3. The van der Waals surface area contributed by atoms with E-state index in [9.17, 15) is 4.79 Å². The van der Waals surface area contributed by atoms with Crippen LogP contribution in [0.4, 0.5) is 0 Å². The molecule has 1 N–H and O–H groups in total. The standard InChI is InChI=1S/C21H22ClN3O3/c1-14-24-17-5-2-3-6-18(17)25(14)8-4-7-23-20(26)13-15-11-16(22)21-19(12-15)27-9-10-28-21/h2-3,5-6,11-12H,4,7-10,13H2,1H3,(H,23,26). The molecule has 2 aromatic carbocycles. The van der Waals surface area contributed by atoms with Crippen LogP contribution in [-0.2, 0) is 17.8 Å². The zero-order valence-electron chi connectivity index (χ0n) is 15.7. The van der Waals surface area contributed by atoms with Crippen LogP contribution in [0.2, 0.25) is 5.02 Å². The minimum absolute atomic E-state index is 0.0417. The third kappa shape index (κ3) is 3.92. The zero-order valence-corrected chi connectivity index (χ0v) is 16.5. The average Bonchev–Trinajstić information content (AvgIpc) is 3.00. The summed E-state index contributed by atoms with van der Waals surface area (Å²) in [5.74, 6) is 2.10. The maximum Gasteiger partial charge on any atom is 0.224 e. The first-order valence-corrected chi connectivity index (χ1v) is 9.76. The number of aromatic nitrogens is 2. The fraction of sp³-hybridized carbons (Fsp3) is 0.333. The molecule has 1 aromatic heterocycles. The number of benzene rings is 2. The van der Waals surface area contributed by atoms with Crippen molar-refractivity contribution >= 4 is 28.5 Å². The highest BCUT2D eigenvalue weighted by Crippen LogP contribution is 2.38. The summed E-state index contributed by atoms with van der Waals surface area (Å²) in [4.78, 5) is 16.9. The molecule has 1 aliphatic heterocycles. The van der Waals surface area contributed by atoms with Gasteiger partial charge in [-0.25, -0.2) is 4.98 Å². The fourth-order valence-corrected chi connectivity index (χ4v) is 3.75. The number of para-hydroxylation sites is 2. The van der Waals surface area contributed by atoms with Gasteiger partial charge in [-0.15, -0.1) is 0 Å². The molecule has 1 aliphatic rings. The SMILES string of the molecule is Cc1nc2ccccc2n1CCCNC(=O)Cc1cc(Cl)c2c(c1)OCCO2. The molecule has 1 amide bonds. The number of ether oxygens (including phenoxy) is 2. The Balaban J connectivity index is 1.30. The number of nitrogens with zero attached hydrogens (tertiary/aromatic N) is 2. The number of halogens is 1. The minimum atomic E-state index is -0.0417. The van der Waals surface area contributed by atoms with E-state index in [-0.39, 0.29) is 12.3 Å². The van der Waals surface area contributed by atoms with Gasteiger partial charge in [0.2, 0.25) is 5.91 Å². The minimum Gasteiger partial charge on any atom is -0.486 e. The Morgan fingerprint density at radius 1 is 1.25 bits per heavy atom. The van der Waals surface area contributed by atoms with Crippen LogP contribution in [0, 0.1) is 6.92 Å². The van der Waals surface area contributed by atoms with Gasteiger partial charge in [-0.3, -0.25) is 4.79 Å². The Morgan fingerprint density at radius 3 is 2.96 bits per heavy atom. The van der Waals surface area contributed by atoms with Crippen LogP contribution in [0.5, 0.6) is 11.5 Å². The largest absolute Gasteiger partial charge is 0.486 e. The van der Waals surface area contributed by atoms with Crippen LogP contribution in [0.15, 0.2) is 36.4 Å². The predicted molar refractivity (Wildman–Crippen MR) is 108 cm³/mol. The molecule has 0 unspecified atom stereocenters. The van der Waals surface area contributed by atoms with Crippen LogP contribution < -0.4 is 14.8 Å². The first-order valence-electron chi connectivity index (χ1n) is 9.38. The molecule has 0 bridgehead atoms. The topological polar surface area (TPSA) is 65.4 Å². The average molecular weight is 400 g/mol. The van der Waals surface area contributed by atoms with E-state index in [4.69, 9.17) is 21.1 Å². The summed E-state index contributed by atoms with van der Waals surface area (Å²) in [6, 6.07) is 11.7. The summed E-state index contributed by atoms with van der Waals surface area (Å²) in [6.07, 6.45) is 1.08. The number of amides is 1. The predicted octanol–water partition coefficient (Wildman–Crippen LogP) is 3.52. The highest BCUT2D eigenvalue weighted by molar-refractivity contribution is 6.32. The molecule has 0 radical (unpaired) electrons. The molecular weight excluding hydrogens is 378 g/mol. The Bertz CT molecular complexity index is 1020. The Morgan fingerprint density at radius 2 is 2.07 bits per heavy atom. The van der Waals surface area contributed by atoms with Crippen molar-refractivity contribution < 1.29 is 14.3 Å². The van der Waals surface area contributed by atoms with Crippen LogP contribution >= 0.6 is 11.6 Å². The molecule has 0 saturated heterocycles. The summed E-state index contributed by atoms with van der Waals surface area (Å²) >= 11 is 6.23. The van der Waals surface area contributed by atoms with Crippen molar-refractivity contribution in [3.05, 3.63) is 52.8 Å². The molecule has 0 aliphatic carbocycles. The lowest BCUT2D eigenvalue weighted by molar-refractivity contribution is -0.120. The Kier molecular flexibility index (Phi) is 5.39. The van der Waals surface area contributed by atoms with Crippen molar-refractivity contribution in [3.8, 4) is 11.5 Å². The monoisotopic (exact) mass is 399 g/mol. The van der Waals surface area contributed by atoms with E-state index in [1.807, 2.05) is 31.2 Å². The molecule has 6 nitrogen and oxygen atoms in total. The molecule has 28 heavy (non-hydrogen) atoms. The van der Waals surface area contributed by atoms with Gasteiger partial charge >= 0.3 is 0 Å². The molecule has 4 rings (SSSR count).